The Labute approximate surface area is 142 Å². The Balaban J connectivity index is 2.06. The summed E-state index contributed by atoms with van der Waals surface area (Å²) < 4.78 is 13.8. The minimum absolute atomic E-state index is 0.0807. The first kappa shape index (κ1) is 16.3. The van der Waals surface area contributed by atoms with Gasteiger partial charge in [0.25, 0.3) is 0 Å². The zero-order chi connectivity index (χ0) is 17.8. The number of halogens is 1. The second-order valence-electron chi connectivity index (χ2n) is 5.15. The van der Waals surface area contributed by atoms with Gasteiger partial charge in [-0.2, -0.15) is 0 Å². The summed E-state index contributed by atoms with van der Waals surface area (Å²) in [5, 5.41) is 14.3. The molecule has 2 aromatic carbocycles. The van der Waals surface area contributed by atoms with Crippen LogP contribution in [0, 0.1) is 15.9 Å². The largest absolute Gasteiger partial charge is 0.354 e. The van der Waals surface area contributed by atoms with Crippen LogP contribution in [-0.4, -0.2) is 21.9 Å². The summed E-state index contributed by atoms with van der Waals surface area (Å²) in [4.78, 5) is 20.6. The molecule has 1 aromatic heterocycles. The fourth-order valence-electron chi connectivity index (χ4n) is 2.34. The van der Waals surface area contributed by atoms with Crippen molar-refractivity contribution in [2.24, 2.45) is 0 Å². The van der Waals surface area contributed by atoms with Crippen molar-refractivity contribution in [3.8, 4) is 0 Å². The number of nitrogens with one attached hydrogen (secondary N) is 1. The highest BCUT2D eigenvalue weighted by molar-refractivity contribution is 5.77. The Bertz CT molecular complexity index is 905. The Kier molecular flexibility index (Phi) is 4.51. The van der Waals surface area contributed by atoms with Gasteiger partial charge >= 0.3 is 5.69 Å². The minimum Gasteiger partial charge on any atom is -0.332 e. The number of hydrogen-bond donors (Lipinski definition) is 1. The van der Waals surface area contributed by atoms with Gasteiger partial charge in [0.1, 0.15) is 12.1 Å². The summed E-state index contributed by atoms with van der Waals surface area (Å²) >= 11 is 0. The smallest absolute Gasteiger partial charge is 0.332 e. The maximum absolute atomic E-state index is 13.8. The van der Waals surface area contributed by atoms with Crippen LogP contribution in [0.15, 0.2) is 60.9 Å². The van der Waals surface area contributed by atoms with E-state index in [1.165, 1.54) is 24.5 Å². The molecule has 0 atom stereocenters. The number of aromatic nitrogens is 2. The van der Waals surface area contributed by atoms with Crippen LogP contribution < -0.4 is 10.2 Å². The first-order valence-corrected chi connectivity index (χ1v) is 7.37. The van der Waals surface area contributed by atoms with E-state index in [2.05, 4.69) is 15.3 Å². The third kappa shape index (κ3) is 3.37. The average molecular weight is 339 g/mol. The number of para-hydroxylation sites is 2. The van der Waals surface area contributed by atoms with Crippen molar-refractivity contribution < 1.29 is 9.31 Å². The van der Waals surface area contributed by atoms with Crippen molar-refractivity contribution in [1.82, 2.24) is 9.97 Å². The van der Waals surface area contributed by atoms with Gasteiger partial charge in [0.2, 0.25) is 11.6 Å². The van der Waals surface area contributed by atoms with E-state index in [0.29, 0.717) is 0 Å². The van der Waals surface area contributed by atoms with Gasteiger partial charge in [-0.1, -0.05) is 30.3 Å². The highest BCUT2D eigenvalue weighted by Crippen LogP contribution is 2.36. The molecule has 0 saturated carbocycles. The number of hydrogen-bond acceptors (Lipinski definition) is 6. The molecule has 0 amide bonds. The molecule has 3 rings (SSSR count). The molecule has 0 spiro atoms. The van der Waals surface area contributed by atoms with Gasteiger partial charge in [-0.15, -0.1) is 0 Å². The molecule has 0 saturated heterocycles. The lowest BCUT2D eigenvalue weighted by molar-refractivity contribution is -0.383. The van der Waals surface area contributed by atoms with Gasteiger partial charge < -0.3 is 10.2 Å². The zero-order valence-corrected chi connectivity index (χ0v) is 13.3. The van der Waals surface area contributed by atoms with E-state index in [0.717, 1.165) is 5.69 Å². The van der Waals surface area contributed by atoms with Crippen molar-refractivity contribution >= 4 is 28.7 Å². The Morgan fingerprint density at radius 3 is 2.44 bits per heavy atom. The van der Waals surface area contributed by atoms with E-state index in [4.69, 9.17) is 0 Å². The van der Waals surface area contributed by atoms with Crippen LogP contribution in [0.4, 0.5) is 33.1 Å². The maximum Gasteiger partial charge on any atom is 0.354 e. The lowest BCUT2D eigenvalue weighted by Crippen LogP contribution is -2.15. The number of nitrogens with zero attached hydrogens (tertiary/aromatic N) is 4. The molecule has 0 aliphatic carbocycles. The first-order valence-electron chi connectivity index (χ1n) is 7.37. The Morgan fingerprint density at radius 1 is 1.08 bits per heavy atom. The van der Waals surface area contributed by atoms with Crippen molar-refractivity contribution in [2.45, 2.75) is 0 Å². The SMILES string of the molecule is CN(c1ccccc1)c1ncnc(Nc2ccccc2F)c1[N+](=O)[O-]. The number of benzene rings is 2. The van der Waals surface area contributed by atoms with Crippen LogP contribution in [0.25, 0.3) is 0 Å². The number of anilines is 4. The summed E-state index contributed by atoms with van der Waals surface area (Å²) in [5.41, 5.74) is 0.482. The minimum atomic E-state index is -0.585. The van der Waals surface area contributed by atoms with Crippen LogP contribution in [-0.2, 0) is 0 Å². The number of nitro groups is 1. The molecular weight excluding hydrogens is 325 g/mol. The normalized spacial score (nSPS) is 10.3. The van der Waals surface area contributed by atoms with Crippen LogP contribution in [0.2, 0.25) is 0 Å². The van der Waals surface area contributed by atoms with E-state index in [1.54, 1.807) is 30.1 Å². The fraction of sp³-hybridized carbons (Fsp3) is 0.0588. The van der Waals surface area contributed by atoms with Crippen molar-refractivity contribution in [3.05, 3.63) is 76.9 Å². The van der Waals surface area contributed by atoms with E-state index in [-0.39, 0.29) is 23.0 Å². The van der Waals surface area contributed by atoms with Crippen LogP contribution in [0.1, 0.15) is 0 Å². The van der Waals surface area contributed by atoms with Gasteiger partial charge in [0.15, 0.2) is 0 Å². The monoisotopic (exact) mass is 339 g/mol. The van der Waals surface area contributed by atoms with E-state index in [1.807, 2.05) is 18.2 Å². The molecule has 0 aliphatic heterocycles. The summed E-state index contributed by atoms with van der Waals surface area (Å²) in [5.74, 6) is -0.513. The summed E-state index contributed by atoms with van der Waals surface area (Å²) in [7, 11) is 1.66. The highest BCUT2D eigenvalue weighted by atomic mass is 19.1. The van der Waals surface area contributed by atoms with Gasteiger partial charge in [-0.3, -0.25) is 10.1 Å². The molecule has 0 radical (unpaired) electrons. The highest BCUT2D eigenvalue weighted by Gasteiger charge is 2.26. The molecule has 1 N–H and O–H groups in total. The van der Waals surface area contributed by atoms with Gasteiger partial charge in [-0.25, -0.2) is 14.4 Å². The fourth-order valence-corrected chi connectivity index (χ4v) is 2.34. The molecule has 0 unspecified atom stereocenters. The third-order valence-electron chi connectivity index (χ3n) is 3.57. The molecule has 0 bridgehead atoms. The van der Waals surface area contributed by atoms with E-state index in [9.17, 15) is 14.5 Å². The molecule has 1 heterocycles. The molecule has 7 nitrogen and oxygen atoms in total. The average Bonchev–Trinajstić information content (AvgIpc) is 2.63. The Hall–Kier alpha value is -3.55. The third-order valence-corrected chi connectivity index (χ3v) is 3.57. The maximum atomic E-state index is 13.8. The van der Waals surface area contributed by atoms with Gasteiger partial charge in [0, 0.05) is 12.7 Å². The van der Waals surface area contributed by atoms with Crippen molar-refractivity contribution in [2.75, 3.05) is 17.3 Å². The molecular formula is C17H14FN5O2. The van der Waals surface area contributed by atoms with Gasteiger partial charge in [0.05, 0.1) is 10.6 Å². The van der Waals surface area contributed by atoms with Crippen molar-refractivity contribution in [3.63, 3.8) is 0 Å². The van der Waals surface area contributed by atoms with E-state index >= 15 is 0 Å². The van der Waals surface area contributed by atoms with Crippen molar-refractivity contribution in [1.29, 1.82) is 0 Å². The summed E-state index contributed by atoms with van der Waals surface area (Å²) in [6.07, 6.45) is 1.20. The molecule has 8 heteroatoms. The lowest BCUT2D eigenvalue weighted by atomic mass is 10.2. The van der Waals surface area contributed by atoms with Crippen LogP contribution in [0.3, 0.4) is 0 Å². The van der Waals surface area contributed by atoms with Crippen LogP contribution in [0.5, 0.6) is 0 Å². The molecule has 126 valence electrons. The standard InChI is InChI=1S/C17H14FN5O2/c1-22(12-7-3-2-4-8-12)17-15(23(24)25)16(19-11-20-17)21-14-10-6-5-9-13(14)18/h2-11H,1H3,(H,19,20,21). The topological polar surface area (TPSA) is 84.2 Å². The van der Waals surface area contributed by atoms with Crippen LogP contribution >= 0.6 is 0 Å². The molecule has 0 aliphatic rings. The lowest BCUT2D eigenvalue weighted by Gasteiger charge is -2.18. The summed E-state index contributed by atoms with van der Waals surface area (Å²) in [6, 6.07) is 15.0. The number of rotatable bonds is 5. The molecule has 0 fully saturated rings. The predicted molar refractivity (Wildman–Crippen MR) is 92.9 cm³/mol. The second kappa shape index (κ2) is 6.91. The quantitative estimate of drug-likeness (QED) is 0.558. The second-order valence-corrected chi connectivity index (χ2v) is 5.15. The first-order chi connectivity index (χ1) is 12.1. The zero-order valence-electron chi connectivity index (χ0n) is 13.3. The predicted octanol–water partition coefficient (Wildman–Crippen LogP) is 4.04. The summed E-state index contributed by atoms with van der Waals surface area (Å²) in [6.45, 7) is 0. The Morgan fingerprint density at radius 2 is 1.76 bits per heavy atom. The molecule has 25 heavy (non-hydrogen) atoms. The molecule has 3 aromatic rings. The van der Waals surface area contributed by atoms with E-state index < -0.39 is 10.7 Å². The van der Waals surface area contributed by atoms with Gasteiger partial charge in [-0.05, 0) is 24.3 Å².